The molecule has 1 unspecified atom stereocenters. The number of nitrogens with zero attached hydrogens (tertiary/aromatic N) is 1. The van der Waals surface area contributed by atoms with Gasteiger partial charge in [-0.15, -0.1) is 22.7 Å². The number of rotatable bonds is 6. The first-order valence-electron chi connectivity index (χ1n) is 6.13. The normalized spacial score (nSPS) is 13.2. The van der Waals surface area contributed by atoms with E-state index in [2.05, 4.69) is 9.71 Å². The van der Waals surface area contributed by atoms with Crippen molar-refractivity contribution in [2.24, 2.45) is 0 Å². The van der Waals surface area contributed by atoms with Gasteiger partial charge in [0.1, 0.15) is 14.8 Å². The van der Waals surface area contributed by atoms with Crippen molar-refractivity contribution < 1.29 is 18.3 Å². The predicted molar refractivity (Wildman–Crippen MR) is 81.5 cm³/mol. The van der Waals surface area contributed by atoms with Gasteiger partial charge in [0.25, 0.3) is 0 Å². The smallest absolute Gasteiger partial charge is 0.347 e. The van der Waals surface area contributed by atoms with Crippen LogP contribution in [-0.4, -0.2) is 24.5 Å². The third-order valence-electron chi connectivity index (χ3n) is 2.74. The lowest BCUT2D eigenvalue weighted by atomic mass is 10.4. The summed E-state index contributed by atoms with van der Waals surface area (Å²) in [7, 11) is -3.89. The Balaban J connectivity index is 2.24. The minimum atomic E-state index is -3.89. The fourth-order valence-corrected chi connectivity index (χ4v) is 5.10. The maximum Gasteiger partial charge on any atom is 0.347 e. The number of hydrogen-bond acceptors (Lipinski definition) is 6. The Hall–Kier alpha value is -1.29. The van der Waals surface area contributed by atoms with Gasteiger partial charge in [-0.3, -0.25) is 0 Å². The second-order valence-electron chi connectivity index (χ2n) is 4.28. The van der Waals surface area contributed by atoms with Gasteiger partial charge in [0.15, 0.2) is 0 Å². The molecule has 0 spiro atoms. The number of aromatic nitrogens is 1. The van der Waals surface area contributed by atoms with Crippen LogP contribution in [0, 0.1) is 0 Å². The van der Waals surface area contributed by atoms with Crippen LogP contribution in [-0.2, 0) is 16.4 Å². The average molecular weight is 346 g/mol. The van der Waals surface area contributed by atoms with E-state index in [1.165, 1.54) is 22.8 Å². The molecule has 0 fully saturated rings. The van der Waals surface area contributed by atoms with Crippen molar-refractivity contribution >= 4 is 38.7 Å². The second kappa shape index (κ2) is 6.22. The molecule has 0 aliphatic heterocycles. The number of thiophene rings is 1. The number of aromatic carboxylic acids is 1. The van der Waals surface area contributed by atoms with Crippen molar-refractivity contribution in [3.63, 3.8) is 0 Å². The van der Waals surface area contributed by atoms with E-state index in [1.807, 2.05) is 6.92 Å². The van der Waals surface area contributed by atoms with E-state index in [4.69, 9.17) is 5.11 Å². The Morgan fingerprint density at radius 2 is 2.24 bits per heavy atom. The Labute approximate surface area is 130 Å². The van der Waals surface area contributed by atoms with Crippen molar-refractivity contribution in [2.75, 3.05) is 0 Å². The van der Waals surface area contributed by atoms with Crippen LogP contribution < -0.4 is 4.72 Å². The highest BCUT2D eigenvalue weighted by molar-refractivity contribution is 7.89. The number of thiazole rings is 1. The molecule has 1 atom stereocenters. The van der Waals surface area contributed by atoms with Gasteiger partial charge in [0.2, 0.25) is 10.0 Å². The van der Waals surface area contributed by atoms with Gasteiger partial charge in [-0.1, -0.05) is 6.92 Å². The van der Waals surface area contributed by atoms with Crippen LogP contribution in [0.2, 0.25) is 0 Å². The first-order valence-corrected chi connectivity index (χ1v) is 9.30. The molecule has 2 heterocycles. The van der Waals surface area contributed by atoms with Crippen LogP contribution in [0.15, 0.2) is 22.5 Å². The number of carbonyl (C=O) groups is 1. The number of carboxylic acids is 1. The lowest BCUT2D eigenvalue weighted by molar-refractivity contribution is 0.0698. The summed E-state index contributed by atoms with van der Waals surface area (Å²) in [6, 6.07) is 0.782. The third-order valence-corrected chi connectivity index (χ3v) is 6.67. The van der Waals surface area contributed by atoms with Gasteiger partial charge in [-0.25, -0.2) is 22.9 Å². The Morgan fingerprint density at radius 1 is 1.52 bits per heavy atom. The lowest BCUT2D eigenvalue weighted by Gasteiger charge is -2.11. The zero-order chi connectivity index (χ0) is 15.6. The first-order chi connectivity index (χ1) is 9.85. The van der Waals surface area contributed by atoms with Gasteiger partial charge in [0, 0.05) is 11.1 Å². The van der Waals surface area contributed by atoms with Gasteiger partial charge in [0.05, 0.1) is 6.04 Å². The van der Waals surface area contributed by atoms with Crippen LogP contribution in [0.1, 0.15) is 39.4 Å². The molecular formula is C12H14N2O4S3. The van der Waals surface area contributed by atoms with E-state index in [0.717, 1.165) is 22.6 Å². The van der Waals surface area contributed by atoms with E-state index in [1.54, 1.807) is 13.1 Å². The molecule has 9 heteroatoms. The van der Waals surface area contributed by atoms with Gasteiger partial charge in [-0.2, -0.15) is 0 Å². The summed E-state index contributed by atoms with van der Waals surface area (Å²) in [6.45, 7) is 3.68. The zero-order valence-electron chi connectivity index (χ0n) is 11.4. The summed E-state index contributed by atoms with van der Waals surface area (Å²) in [6.07, 6.45) is 2.56. The molecule has 114 valence electrons. The molecule has 6 nitrogen and oxygen atoms in total. The summed E-state index contributed by atoms with van der Waals surface area (Å²) in [4.78, 5) is 15.9. The molecule has 21 heavy (non-hydrogen) atoms. The van der Waals surface area contributed by atoms with E-state index in [-0.39, 0.29) is 9.77 Å². The molecule has 2 rings (SSSR count). The summed E-state index contributed by atoms with van der Waals surface area (Å²) in [5, 5.41) is 11.1. The van der Waals surface area contributed by atoms with Gasteiger partial charge in [-0.05, 0) is 24.8 Å². The number of hydrogen-bond donors (Lipinski definition) is 2. The first kappa shape index (κ1) is 16.1. The molecule has 2 aromatic heterocycles. The Morgan fingerprint density at radius 3 is 2.81 bits per heavy atom. The third kappa shape index (κ3) is 3.49. The molecule has 0 amide bonds. The number of nitrogens with one attached hydrogen (secondary N) is 1. The molecule has 0 bridgehead atoms. The Kier molecular flexibility index (Phi) is 4.77. The molecule has 0 aliphatic rings. The van der Waals surface area contributed by atoms with E-state index < -0.39 is 22.0 Å². The number of sulfonamides is 1. The predicted octanol–water partition coefficient (Wildman–Crippen LogP) is 2.50. The average Bonchev–Trinajstić information content (AvgIpc) is 3.07. The van der Waals surface area contributed by atoms with Crippen molar-refractivity contribution in [3.8, 4) is 0 Å². The maximum atomic E-state index is 12.3. The van der Waals surface area contributed by atoms with E-state index >= 15 is 0 Å². The van der Waals surface area contributed by atoms with Crippen LogP contribution in [0.4, 0.5) is 0 Å². The van der Waals surface area contributed by atoms with Gasteiger partial charge >= 0.3 is 5.97 Å². The topological polar surface area (TPSA) is 96.4 Å². The van der Waals surface area contributed by atoms with Crippen molar-refractivity contribution in [3.05, 3.63) is 32.4 Å². The second-order valence-corrected chi connectivity index (χ2v) is 8.03. The van der Waals surface area contributed by atoms with Crippen LogP contribution >= 0.6 is 22.7 Å². The molecule has 0 radical (unpaired) electrons. The minimum Gasteiger partial charge on any atom is -0.477 e. The molecule has 0 aromatic carbocycles. The number of carboxylic acid groups (broad SMARTS) is 1. The summed E-state index contributed by atoms with van der Waals surface area (Å²) < 4.78 is 27.0. The molecule has 0 aliphatic carbocycles. The Bertz CT molecular complexity index is 748. The van der Waals surface area contributed by atoms with E-state index in [9.17, 15) is 13.2 Å². The standard InChI is InChI=1S/C12H14N2O4S3/c1-3-8-6-13-11(20-8)7(2)14-21(17,18)9-4-5-19-10(9)12(15)16/h4-7,14H,3H2,1-2H3,(H,15,16). The summed E-state index contributed by atoms with van der Waals surface area (Å²) >= 11 is 2.32. The van der Waals surface area contributed by atoms with Crippen LogP contribution in [0.5, 0.6) is 0 Å². The maximum absolute atomic E-state index is 12.3. The quantitative estimate of drug-likeness (QED) is 0.838. The monoisotopic (exact) mass is 346 g/mol. The highest BCUT2D eigenvalue weighted by Gasteiger charge is 2.26. The minimum absolute atomic E-state index is 0.192. The summed E-state index contributed by atoms with van der Waals surface area (Å²) in [5.41, 5.74) is 0. The van der Waals surface area contributed by atoms with Crippen LogP contribution in [0.25, 0.3) is 0 Å². The number of aryl methyl sites for hydroxylation is 1. The largest absolute Gasteiger partial charge is 0.477 e. The van der Waals surface area contributed by atoms with Crippen molar-refractivity contribution in [2.45, 2.75) is 31.2 Å². The SMILES string of the molecule is CCc1cnc(C(C)NS(=O)(=O)c2ccsc2C(=O)O)s1. The highest BCUT2D eigenvalue weighted by Crippen LogP contribution is 2.25. The molecule has 2 N–H and O–H groups in total. The highest BCUT2D eigenvalue weighted by atomic mass is 32.2. The van der Waals surface area contributed by atoms with E-state index in [0.29, 0.717) is 5.01 Å². The van der Waals surface area contributed by atoms with Gasteiger partial charge < -0.3 is 5.11 Å². The van der Waals surface area contributed by atoms with Crippen molar-refractivity contribution in [1.29, 1.82) is 0 Å². The zero-order valence-corrected chi connectivity index (χ0v) is 13.8. The van der Waals surface area contributed by atoms with Crippen LogP contribution in [0.3, 0.4) is 0 Å². The fourth-order valence-electron chi connectivity index (χ4n) is 1.70. The van der Waals surface area contributed by atoms with Crippen molar-refractivity contribution in [1.82, 2.24) is 9.71 Å². The molecule has 0 saturated heterocycles. The molecule has 0 saturated carbocycles. The fraction of sp³-hybridized carbons (Fsp3) is 0.333. The summed E-state index contributed by atoms with van der Waals surface area (Å²) in [5.74, 6) is -1.25. The lowest BCUT2D eigenvalue weighted by Crippen LogP contribution is -2.27. The molecule has 2 aromatic rings. The molecular weight excluding hydrogens is 332 g/mol.